The van der Waals surface area contributed by atoms with Gasteiger partial charge in [-0.2, -0.15) is 0 Å². The summed E-state index contributed by atoms with van der Waals surface area (Å²) >= 11 is 0. The summed E-state index contributed by atoms with van der Waals surface area (Å²) in [6, 6.07) is 0. The third-order valence-electron chi connectivity index (χ3n) is 5.66. The van der Waals surface area contributed by atoms with Gasteiger partial charge in [0.05, 0.1) is 17.6 Å². The Bertz CT molecular complexity index is 394. The van der Waals surface area contributed by atoms with Crippen molar-refractivity contribution in [1.82, 2.24) is 0 Å². The van der Waals surface area contributed by atoms with E-state index in [1.54, 1.807) is 0 Å². The lowest BCUT2D eigenvalue weighted by atomic mass is 9.71. The van der Waals surface area contributed by atoms with Gasteiger partial charge in [-0.25, -0.2) is 0 Å². The maximum absolute atomic E-state index is 12.1. The Morgan fingerprint density at radius 2 is 1.83 bits per heavy atom. The highest BCUT2D eigenvalue weighted by Crippen LogP contribution is 2.41. The van der Waals surface area contributed by atoms with Gasteiger partial charge in [0.25, 0.3) is 0 Å². The molecule has 0 N–H and O–H groups in total. The molecule has 23 heavy (non-hydrogen) atoms. The largest absolute Gasteiger partial charge is 0.462 e. The number of esters is 1. The van der Waals surface area contributed by atoms with Crippen molar-refractivity contribution in [3.63, 3.8) is 0 Å². The molecular weight excluding hydrogens is 288 g/mol. The molecule has 0 spiro atoms. The Kier molecular flexibility index (Phi) is 6.16. The number of hydrogen-bond donors (Lipinski definition) is 0. The molecule has 2 fully saturated rings. The van der Waals surface area contributed by atoms with E-state index in [0.29, 0.717) is 17.9 Å². The van der Waals surface area contributed by atoms with Crippen molar-refractivity contribution in [2.45, 2.75) is 97.7 Å². The summed E-state index contributed by atoms with van der Waals surface area (Å²) in [7, 11) is 0. The van der Waals surface area contributed by atoms with Gasteiger partial charge in [0.1, 0.15) is 6.61 Å². The average molecular weight is 325 g/mol. The second-order valence-corrected chi connectivity index (χ2v) is 9.19. The third kappa shape index (κ3) is 5.77. The number of carbonyl (C=O) groups excluding carboxylic acids is 1. The lowest BCUT2D eigenvalue weighted by molar-refractivity contribution is -0.165. The molecule has 2 rings (SSSR count). The first-order valence-corrected chi connectivity index (χ1v) is 9.53. The first-order valence-electron chi connectivity index (χ1n) is 9.53. The second kappa shape index (κ2) is 7.55. The average Bonchev–Trinajstić information content (AvgIpc) is 2.97. The van der Waals surface area contributed by atoms with Crippen LogP contribution in [0, 0.1) is 17.3 Å². The summed E-state index contributed by atoms with van der Waals surface area (Å²) in [5, 5.41) is 0. The van der Waals surface area contributed by atoms with Crippen molar-refractivity contribution in [2.75, 3.05) is 6.61 Å². The van der Waals surface area contributed by atoms with E-state index in [0.717, 1.165) is 25.7 Å². The molecule has 2 unspecified atom stereocenters. The van der Waals surface area contributed by atoms with Gasteiger partial charge in [0.2, 0.25) is 0 Å². The van der Waals surface area contributed by atoms with Crippen LogP contribution in [0.5, 0.6) is 0 Å². The summed E-state index contributed by atoms with van der Waals surface area (Å²) in [6.45, 7) is 11.4. The van der Waals surface area contributed by atoms with Crippen LogP contribution >= 0.6 is 0 Å². The van der Waals surface area contributed by atoms with E-state index in [1.807, 2.05) is 13.8 Å². The minimum atomic E-state index is -0.407. The predicted molar refractivity (Wildman–Crippen MR) is 93.3 cm³/mol. The quantitative estimate of drug-likeness (QED) is 0.636. The van der Waals surface area contributed by atoms with Gasteiger partial charge < -0.3 is 9.47 Å². The lowest BCUT2D eigenvalue weighted by Crippen LogP contribution is -2.40. The van der Waals surface area contributed by atoms with Crippen LogP contribution < -0.4 is 0 Å². The maximum Gasteiger partial charge on any atom is 0.309 e. The number of rotatable bonds is 6. The molecule has 2 atom stereocenters. The highest BCUT2D eigenvalue weighted by atomic mass is 16.6. The first kappa shape index (κ1) is 18.8. The molecule has 2 aliphatic rings. The zero-order valence-electron chi connectivity index (χ0n) is 15.8. The van der Waals surface area contributed by atoms with Gasteiger partial charge >= 0.3 is 5.97 Å². The summed E-state index contributed by atoms with van der Waals surface area (Å²) in [5.74, 6) is 0.719. The summed E-state index contributed by atoms with van der Waals surface area (Å²) in [5.41, 5.74) is 0.0227. The third-order valence-corrected chi connectivity index (χ3v) is 5.66. The van der Waals surface area contributed by atoms with Crippen molar-refractivity contribution < 1.29 is 14.3 Å². The molecule has 0 aromatic rings. The van der Waals surface area contributed by atoms with E-state index in [1.165, 1.54) is 25.7 Å². The summed E-state index contributed by atoms with van der Waals surface area (Å²) in [6.07, 6.45) is 9.62. The minimum absolute atomic E-state index is 0.0226. The molecule has 134 valence electrons. The molecule has 0 aliphatic heterocycles. The second-order valence-electron chi connectivity index (χ2n) is 9.19. The van der Waals surface area contributed by atoms with Gasteiger partial charge in [-0.05, 0) is 64.2 Å². The standard InChI is InChI=1S/C20H36O3/c1-15(17-11-8-12-19(2,3)13-17)23-20(4,5)14-22-18(21)16-9-6-7-10-16/h15-17H,6-14H2,1-5H3. The molecule has 0 radical (unpaired) electrons. The van der Waals surface area contributed by atoms with E-state index >= 15 is 0 Å². The normalized spacial score (nSPS) is 26.9. The topological polar surface area (TPSA) is 35.5 Å². The molecule has 3 nitrogen and oxygen atoms in total. The highest BCUT2D eigenvalue weighted by molar-refractivity contribution is 5.72. The molecule has 0 bridgehead atoms. The van der Waals surface area contributed by atoms with Crippen LogP contribution in [0.15, 0.2) is 0 Å². The first-order chi connectivity index (χ1) is 10.7. The van der Waals surface area contributed by atoms with Crippen LogP contribution in [0.25, 0.3) is 0 Å². The zero-order chi connectivity index (χ0) is 17.1. The zero-order valence-corrected chi connectivity index (χ0v) is 15.8. The molecule has 3 heteroatoms. The molecule has 0 heterocycles. The highest BCUT2D eigenvalue weighted by Gasteiger charge is 2.34. The van der Waals surface area contributed by atoms with Crippen molar-refractivity contribution in [1.29, 1.82) is 0 Å². The molecule has 2 aliphatic carbocycles. The fourth-order valence-corrected chi connectivity index (χ4v) is 4.32. The van der Waals surface area contributed by atoms with Crippen molar-refractivity contribution in [3.05, 3.63) is 0 Å². The fraction of sp³-hybridized carbons (Fsp3) is 0.950. The Labute approximate surface area is 142 Å². The van der Waals surface area contributed by atoms with E-state index in [-0.39, 0.29) is 18.0 Å². The molecular formula is C20H36O3. The van der Waals surface area contributed by atoms with E-state index < -0.39 is 5.60 Å². The number of carbonyl (C=O) groups is 1. The van der Waals surface area contributed by atoms with Crippen LogP contribution in [0.4, 0.5) is 0 Å². The SMILES string of the molecule is CC(OC(C)(C)COC(=O)C1CCCC1)C1CCCC(C)(C)C1. The summed E-state index contributed by atoms with van der Waals surface area (Å²) in [4.78, 5) is 12.1. The Hall–Kier alpha value is -0.570. The lowest BCUT2D eigenvalue weighted by Gasteiger charge is -2.40. The molecule has 0 amide bonds. The Morgan fingerprint density at radius 1 is 1.17 bits per heavy atom. The molecule has 0 saturated heterocycles. The monoisotopic (exact) mass is 324 g/mol. The maximum atomic E-state index is 12.1. The number of ether oxygens (including phenoxy) is 2. The van der Waals surface area contributed by atoms with Crippen LogP contribution in [0.2, 0.25) is 0 Å². The van der Waals surface area contributed by atoms with Gasteiger partial charge in [-0.3, -0.25) is 4.79 Å². The summed E-state index contributed by atoms with van der Waals surface area (Å²) < 4.78 is 11.9. The fourth-order valence-electron chi connectivity index (χ4n) is 4.32. The van der Waals surface area contributed by atoms with Crippen LogP contribution in [0.3, 0.4) is 0 Å². The van der Waals surface area contributed by atoms with Crippen LogP contribution in [-0.4, -0.2) is 24.3 Å². The smallest absolute Gasteiger partial charge is 0.309 e. The van der Waals surface area contributed by atoms with Crippen LogP contribution in [0.1, 0.15) is 86.0 Å². The van der Waals surface area contributed by atoms with Crippen LogP contribution in [-0.2, 0) is 14.3 Å². The van der Waals surface area contributed by atoms with Crippen molar-refractivity contribution in [3.8, 4) is 0 Å². The predicted octanol–water partition coefficient (Wildman–Crippen LogP) is 5.12. The van der Waals surface area contributed by atoms with E-state index in [4.69, 9.17) is 9.47 Å². The molecule has 0 aromatic carbocycles. The van der Waals surface area contributed by atoms with Gasteiger partial charge in [0, 0.05) is 0 Å². The van der Waals surface area contributed by atoms with Crippen molar-refractivity contribution >= 4 is 5.97 Å². The van der Waals surface area contributed by atoms with Gasteiger partial charge in [-0.15, -0.1) is 0 Å². The van der Waals surface area contributed by atoms with E-state index in [2.05, 4.69) is 20.8 Å². The Morgan fingerprint density at radius 3 is 2.43 bits per heavy atom. The van der Waals surface area contributed by atoms with E-state index in [9.17, 15) is 4.79 Å². The van der Waals surface area contributed by atoms with Gasteiger partial charge in [0.15, 0.2) is 0 Å². The van der Waals surface area contributed by atoms with Crippen molar-refractivity contribution in [2.24, 2.45) is 17.3 Å². The van der Waals surface area contributed by atoms with Gasteiger partial charge in [-0.1, -0.05) is 33.1 Å². The Balaban J connectivity index is 1.78. The minimum Gasteiger partial charge on any atom is -0.462 e. The molecule has 2 saturated carbocycles. The number of hydrogen-bond acceptors (Lipinski definition) is 3. The molecule has 0 aromatic heterocycles.